The Morgan fingerprint density at radius 1 is 0.871 bits per heavy atom. The number of aromatic nitrogens is 2. The summed E-state index contributed by atoms with van der Waals surface area (Å²) in [7, 11) is 1.43. The van der Waals surface area contributed by atoms with Gasteiger partial charge >= 0.3 is 0 Å². The van der Waals surface area contributed by atoms with E-state index in [-0.39, 0.29) is 63.2 Å². The zero-order valence-corrected chi connectivity index (χ0v) is 40.4. The molecule has 18 nitrogen and oxygen atoms in total. The Morgan fingerprint density at radius 2 is 1.50 bits per heavy atom. The van der Waals surface area contributed by atoms with Gasteiger partial charge in [0.15, 0.2) is 5.82 Å². The van der Waals surface area contributed by atoms with Crippen molar-refractivity contribution in [1.29, 1.82) is 5.26 Å². The molecule has 0 radical (unpaired) electrons. The number of hydrogen-bond acceptors (Lipinski definition) is 13. The number of carbonyl (C=O) groups is 5. The first-order chi connectivity index (χ1) is 33.7. The van der Waals surface area contributed by atoms with E-state index in [2.05, 4.69) is 45.5 Å². The number of benzene rings is 3. The number of nitrogens with one attached hydrogen (secondary N) is 4. The van der Waals surface area contributed by atoms with Crippen molar-refractivity contribution in [3.05, 3.63) is 94.3 Å². The number of amides is 5. The molecule has 4 aromatic rings. The van der Waals surface area contributed by atoms with Crippen LogP contribution in [0.3, 0.4) is 0 Å². The second-order valence-corrected chi connectivity index (χ2v) is 18.5. The SMILES string of the molecule is Cc1nc(-c2ccc(C3(C4CCCC4)CC3)cc2)nc(C)c1C(=O)NC(CCN)C(=O)N(C)[C@@H]1C(=O)N[C@@H](C)C(=O)N[C@H](C(=O)NCC#N)Cc2ccc(OCCN)c(c2)-c2cc1ccc2OCCN. The van der Waals surface area contributed by atoms with E-state index in [1.54, 1.807) is 50.2 Å². The number of aryl methyl sites for hydroxylation is 2. The Labute approximate surface area is 408 Å². The molecule has 3 aromatic carbocycles. The number of carbonyl (C=O) groups excluding carboxylic acids is 5. The third-order valence-corrected chi connectivity index (χ3v) is 13.8. The van der Waals surface area contributed by atoms with Crippen molar-refractivity contribution in [2.75, 3.05) is 46.4 Å². The van der Waals surface area contributed by atoms with Gasteiger partial charge in [0.1, 0.15) is 55.4 Å². The van der Waals surface area contributed by atoms with Gasteiger partial charge in [0.25, 0.3) is 5.91 Å². The Hall–Kier alpha value is -6.94. The van der Waals surface area contributed by atoms with Gasteiger partial charge in [-0.05, 0) is 112 Å². The van der Waals surface area contributed by atoms with Crippen molar-refractivity contribution < 1.29 is 33.4 Å². The standard InChI is InChI=1S/C52H65N11O7/c1-30-44(31(2)59-46(58-30)34-10-13-37(14-11-34)52(18-19-52)36-7-5-6-8-36)49(66)61-40(17-20-53)51(68)63(4)45-35-12-16-43(70-26-23-56)39(29-35)38-27-33(9-15-42(38)69-25-22-55)28-41(48(65)57-24-21-54)62-47(64)32(3)60-50(45)67/h9-16,27,29,32,36,40-41,45H,5-8,17-20,22-26,28,53,55-56H2,1-4H3,(H,57,65)(H,60,67)(H,61,66)(H,62,64)/t32-,40?,41-,45-/m0/s1. The molecule has 0 saturated heterocycles. The predicted octanol–water partition coefficient (Wildman–Crippen LogP) is 3.16. The molecular weight excluding hydrogens is 891 g/mol. The summed E-state index contributed by atoms with van der Waals surface area (Å²) in [6.07, 6.45) is 7.64. The van der Waals surface area contributed by atoms with Crippen molar-refractivity contribution in [1.82, 2.24) is 36.1 Å². The fraction of sp³-hybridized carbons (Fsp3) is 0.462. The average molecular weight is 956 g/mol. The number of nitrogens with two attached hydrogens (primary N) is 3. The maximum absolute atomic E-state index is 14.8. The summed E-state index contributed by atoms with van der Waals surface area (Å²) in [5.41, 5.74) is 23.2. The first-order valence-corrected chi connectivity index (χ1v) is 24.2. The van der Waals surface area contributed by atoms with Gasteiger partial charge in [0.05, 0.1) is 23.0 Å². The number of hydrogen-bond donors (Lipinski definition) is 7. The molecule has 1 unspecified atom stereocenters. The van der Waals surface area contributed by atoms with E-state index in [0.29, 0.717) is 51.0 Å². The molecule has 1 aromatic heterocycles. The molecule has 4 bridgehead atoms. The zero-order valence-electron chi connectivity index (χ0n) is 40.4. The van der Waals surface area contributed by atoms with Crippen LogP contribution in [0, 0.1) is 31.1 Å². The van der Waals surface area contributed by atoms with Crippen molar-refractivity contribution in [2.24, 2.45) is 23.1 Å². The number of fused-ring (bicyclic) bond motifs is 5. The topological polar surface area (TPSA) is 283 Å². The minimum atomic E-state index is -1.40. The van der Waals surface area contributed by atoms with Crippen molar-refractivity contribution in [3.8, 4) is 40.1 Å². The lowest BCUT2D eigenvalue weighted by Crippen LogP contribution is -2.56. The van der Waals surface area contributed by atoms with E-state index in [9.17, 15) is 29.2 Å². The maximum Gasteiger partial charge on any atom is 0.255 e. The van der Waals surface area contributed by atoms with Crippen LogP contribution >= 0.6 is 0 Å². The Morgan fingerprint density at radius 3 is 2.10 bits per heavy atom. The molecule has 3 aliphatic rings. The summed E-state index contributed by atoms with van der Waals surface area (Å²) in [5, 5.41) is 20.0. The molecule has 2 heterocycles. The number of ether oxygens (including phenoxy) is 2. The molecule has 2 fully saturated rings. The third kappa shape index (κ3) is 11.2. The third-order valence-electron chi connectivity index (χ3n) is 13.8. The highest BCUT2D eigenvalue weighted by Crippen LogP contribution is 2.58. The average Bonchev–Trinajstić information content (AvgIpc) is 3.97. The fourth-order valence-electron chi connectivity index (χ4n) is 10.0. The molecular formula is C52H65N11O7. The minimum absolute atomic E-state index is 0.00454. The van der Waals surface area contributed by atoms with E-state index in [1.807, 2.05) is 6.07 Å². The van der Waals surface area contributed by atoms with Crippen LogP contribution in [-0.4, -0.2) is 109 Å². The lowest BCUT2D eigenvalue weighted by Gasteiger charge is -2.32. The summed E-state index contributed by atoms with van der Waals surface area (Å²) in [4.78, 5) is 81.6. The van der Waals surface area contributed by atoms with Crippen LogP contribution in [0.2, 0.25) is 0 Å². The number of likely N-dealkylation sites (N-methyl/N-ethyl adjacent to an activating group) is 1. The molecule has 4 atom stereocenters. The molecule has 370 valence electrons. The van der Waals surface area contributed by atoms with Gasteiger partial charge in [0, 0.05) is 43.2 Å². The molecule has 10 N–H and O–H groups in total. The van der Waals surface area contributed by atoms with Crippen LogP contribution in [0.1, 0.15) is 96.3 Å². The van der Waals surface area contributed by atoms with E-state index >= 15 is 0 Å². The Bertz CT molecular complexity index is 2600. The van der Waals surface area contributed by atoms with Gasteiger partial charge < -0.3 is 52.8 Å². The Balaban J connectivity index is 1.21. The lowest BCUT2D eigenvalue weighted by molar-refractivity contribution is -0.141. The van der Waals surface area contributed by atoms with Gasteiger partial charge in [-0.1, -0.05) is 49.2 Å². The van der Waals surface area contributed by atoms with Crippen molar-refractivity contribution in [3.63, 3.8) is 0 Å². The van der Waals surface area contributed by atoms with Gasteiger partial charge in [-0.2, -0.15) is 5.26 Å². The predicted molar refractivity (Wildman–Crippen MR) is 263 cm³/mol. The lowest BCUT2D eigenvalue weighted by atomic mass is 9.81. The first-order valence-electron chi connectivity index (χ1n) is 24.2. The molecule has 18 heteroatoms. The second kappa shape index (κ2) is 22.7. The molecule has 1 aliphatic heterocycles. The first kappa shape index (κ1) is 50.9. The summed E-state index contributed by atoms with van der Waals surface area (Å²) in [6.45, 7) is 5.29. The normalized spacial score (nSPS) is 19.1. The minimum Gasteiger partial charge on any atom is -0.492 e. The van der Waals surface area contributed by atoms with Gasteiger partial charge in [-0.25, -0.2) is 9.97 Å². The van der Waals surface area contributed by atoms with Crippen LogP contribution in [0.25, 0.3) is 22.5 Å². The summed E-state index contributed by atoms with van der Waals surface area (Å²) >= 11 is 0. The zero-order chi connectivity index (χ0) is 50.1. The molecule has 5 amide bonds. The summed E-state index contributed by atoms with van der Waals surface area (Å²) in [6, 6.07) is 15.6. The highest BCUT2D eigenvalue weighted by atomic mass is 16.5. The molecule has 7 rings (SSSR count). The van der Waals surface area contributed by atoms with Crippen molar-refractivity contribution in [2.45, 2.75) is 102 Å². The molecule has 70 heavy (non-hydrogen) atoms. The van der Waals surface area contributed by atoms with Crippen molar-refractivity contribution >= 4 is 29.5 Å². The van der Waals surface area contributed by atoms with E-state index in [0.717, 1.165) is 11.5 Å². The molecule has 2 saturated carbocycles. The maximum atomic E-state index is 14.8. The van der Waals surface area contributed by atoms with Gasteiger partial charge in [-0.15, -0.1) is 0 Å². The van der Waals surface area contributed by atoms with Crippen LogP contribution in [0.4, 0.5) is 0 Å². The quantitative estimate of drug-likeness (QED) is 0.0750. The number of nitriles is 1. The fourth-order valence-corrected chi connectivity index (χ4v) is 10.0. The number of nitrogens with zero attached hydrogens (tertiary/aromatic N) is 4. The van der Waals surface area contributed by atoms with Crippen LogP contribution in [0.5, 0.6) is 11.5 Å². The van der Waals surface area contributed by atoms with Crippen LogP contribution in [0.15, 0.2) is 60.7 Å². The van der Waals surface area contributed by atoms with Crippen LogP contribution < -0.4 is 47.9 Å². The highest BCUT2D eigenvalue weighted by molar-refractivity contribution is 6.00. The highest BCUT2D eigenvalue weighted by Gasteiger charge is 2.50. The smallest absolute Gasteiger partial charge is 0.255 e. The largest absolute Gasteiger partial charge is 0.492 e. The Kier molecular flexibility index (Phi) is 16.5. The van der Waals surface area contributed by atoms with E-state index in [4.69, 9.17) is 36.6 Å². The second-order valence-electron chi connectivity index (χ2n) is 18.5. The van der Waals surface area contributed by atoms with E-state index in [1.165, 1.54) is 63.0 Å². The van der Waals surface area contributed by atoms with E-state index < -0.39 is 53.7 Å². The summed E-state index contributed by atoms with van der Waals surface area (Å²) < 4.78 is 12.2. The van der Waals surface area contributed by atoms with Crippen LogP contribution in [-0.2, 0) is 31.0 Å². The van der Waals surface area contributed by atoms with Gasteiger partial charge in [0.2, 0.25) is 23.6 Å². The molecule has 2 aliphatic carbocycles. The van der Waals surface area contributed by atoms with Gasteiger partial charge in [-0.3, -0.25) is 24.0 Å². The monoisotopic (exact) mass is 956 g/mol. The number of rotatable bonds is 17. The summed E-state index contributed by atoms with van der Waals surface area (Å²) in [5.74, 6) is -1.29. The molecule has 0 spiro atoms.